The topological polar surface area (TPSA) is 110 Å². The number of rotatable bonds is 4. The molecule has 20 heavy (non-hydrogen) atoms. The first-order chi connectivity index (χ1) is 9.31. The number of ether oxygens (including phenoxy) is 1. The van der Waals surface area contributed by atoms with E-state index in [0.29, 0.717) is 6.07 Å². The van der Waals surface area contributed by atoms with Gasteiger partial charge in [0.15, 0.2) is 0 Å². The molecule has 1 fully saturated rings. The quantitative estimate of drug-likeness (QED) is 0.764. The van der Waals surface area contributed by atoms with Crippen molar-refractivity contribution in [2.24, 2.45) is 0 Å². The number of aromatic carboxylic acids is 1. The molecular weight excluding hydrogens is 293 g/mol. The fourth-order valence-corrected chi connectivity index (χ4v) is 3.02. The van der Waals surface area contributed by atoms with Crippen molar-refractivity contribution >= 4 is 22.0 Å². The smallest absolute Gasteiger partial charge is 0.335 e. The lowest BCUT2D eigenvalue weighted by molar-refractivity contribution is -0.139. The number of esters is 1. The molecule has 108 valence electrons. The van der Waals surface area contributed by atoms with Crippen molar-refractivity contribution in [2.45, 2.75) is 17.4 Å². The molecule has 0 spiro atoms. The summed E-state index contributed by atoms with van der Waals surface area (Å²) in [4.78, 5) is 21.2. The van der Waals surface area contributed by atoms with Gasteiger partial charge < -0.3 is 9.84 Å². The van der Waals surface area contributed by atoms with Crippen molar-refractivity contribution in [3.05, 3.63) is 29.6 Å². The van der Waals surface area contributed by atoms with Gasteiger partial charge in [0.1, 0.15) is 16.8 Å². The minimum Gasteiger partial charge on any atom is -0.478 e. The average molecular weight is 303 g/mol. The summed E-state index contributed by atoms with van der Waals surface area (Å²) in [6.07, 6.45) is 0.137. The lowest BCUT2D eigenvalue weighted by Crippen LogP contribution is -2.38. The van der Waals surface area contributed by atoms with E-state index in [-0.39, 0.29) is 18.6 Å². The third-order valence-corrected chi connectivity index (χ3v) is 4.19. The van der Waals surface area contributed by atoms with Crippen LogP contribution in [-0.4, -0.2) is 38.1 Å². The van der Waals surface area contributed by atoms with E-state index in [4.69, 9.17) is 5.11 Å². The van der Waals surface area contributed by atoms with Crippen LogP contribution in [-0.2, 0) is 19.6 Å². The standard InChI is InChI=1S/C11H10FNO6S/c12-7-2-1-6(10(14)15)5-9(7)20(17,18)13-8-3-4-19-11(8)16/h1-2,5,8,13H,3-4H2,(H,14,15). The molecule has 0 amide bonds. The lowest BCUT2D eigenvalue weighted by Gasteiger charge is -2.11. The van der Waals surface area contributed by atoms with Gasteiger partial charge in [-0.1, -0.05) is 0 Å². The first-order valence-electron chi connectivity index (χ1n) is 5.53. The van der Waals surface area contributed by atoms with Gasteiger partial charge in [-0.05, 0) is 18.2 Å². The van der Waals surface area contributed by atoms with Gasteiger partial charge in [-0.15, -0.1) is 0 Å². The zero-order chi connectivity index (χ0) is 14.9. The summed E-state index contributed by atoms with van der Waals surface area (Å²) in [7, 11) is -4.35. The van der Waals surface area contributed by atoms with E-state index < -0.39 is 38.7 Å². The van der Waals surface area contributed by atoms with Crippen molar-refractivity contribution in [3.8, 4) is 0 Å². The van der Waals surface area contributed by atoms with Gasteiger partial charge in [0.25, 0.3) is 0 Å². The van der Waals surface area contributed by atoms with Crippen LogP contribution in [0.1, 0.15) is 16.8 Å². The Morgan fingerprint density at radius 3 is 2.70 bits per heavy atom. The van der Waals surface area contributed by atoms with Gasteiger partial charge in [0.05, 0.1) is 12.2 Å². The number of hydrogen-bond acceptors (Lipinski definition) is 5. The van der Waals surface area contributed by atoms with Crippen LogP contribution in [0, 0.1) is 5.82 Å². The maximum Gasteiger partial charge on any atom is 0.335 e. The number of carboxylic acid groups (broad SMARTS) is 1. The highest BCUT2D eigenvalue weighted by atomic mass is 32.2. The zero-order valence-electron chi connectivity index (χ0n) is 10.00. The molecule has 2 rings (SSSR count). The Morgan fingerprint density at radius 2 is 2.15 bits per heavy atom. The molecule has 0 bridgehead atoms. The third-order valence-electron chi connectivity index (χ3n) is 2.70. The molecule has 0 aliphatic carbocycles. The van der Waals surface area contributed by atoms with Gasteiger partial charge in [0.2, 0.25) is 10.0 Å². The molecule has 0 saturated carbocycles. The van der Waals surface area contributed by atoms with Crippen LogP contribution in [0.3, 0.4) is 0 Å². The molecule has 1 aromatic rings. The molecule has 1 atom stereocenters. The highest BCUT2D eigenvalue weighted by Gasteiger charge is 2.32. The second kappa shape index (κ2) is 5.17. The minimum atomic E-state index is -4.35. The Balaban J connectivity index is 2.36. The van der Waals surface area contributed by atoms with E-state index in [9.17, 15) is 22.4 Å². The molecule has 7 nitrogen and oxygen atoms in total. The van der Waals surface area contributed by atoms with E-state index in [2.05, 4.69) is 4.74 Å². The summed E-state index contributed by atoms with van der Waals surface area (Å²) >= 11 is 0. The fourth-order valence-electron chi connectivity index (χ4n) is 1.70. The van der Waals surface area contributed by atoms with E-state index in [0.717, 1.165) is 12.1 Å². The molecular formula is C11H10FNO6S. The fraction of sp³-hybridized carbons (Fsp3) is 0.273. The Hall–Kier alpha value is -2.00. The number of cyclic esters (lactones) is 1. The van der Waals surface area contributed by atoms with Crippen LogP contribution in [0.2, 0.25) is 0 Å². The van der Waals surface area contributed by atoms with Crippen LogP contribution in [0.25, 0.3) is 0 Å². The number of nitrogens with one attached hydrogen (secondary N) is 1. The van der Waals surface area contributed by atoms with Crippen LogP contribution >= 0.6 is 0 Å². The number of carbonyl (C=O) groups is 2. The monoisotopic (exact) mass is 303 g/mol. The summed E-state index contributed by atoms with van der Waals surface area (Å²) in [5.41, 5.74) is -0.374. The first kappa shape index (κ1) is 14.4. The maximum atomic E-state index is 13.6. The second-order valence-corrected chi connectivity index (χ2v) is 5.76. The zero-order valence-corrected chi connectivity index (χ0v) is 10.8. The molecule has 1 heterocycles. The molecule has 0 radical (unpaired) electrons. The SMILES string of the molecule is O=C(O)c1ccc(F)c(S(=O)(=O)NC2CCOC2=O)c1. The van der Waals surface area contributed by atoms with E-state index >= 15 is 0 Å². The van der Waals surface area contributed by atoms with Gasteiger partial charge in [-0.25, -0.2) is 17.6 Å². The molecule has 1 unspecified atom stereocenters. The highest BCUT2D eigenvalue weighted by Crippen LogP contribution is 2.18. The summed E-state index contributed by atoms with van der Waals surface area (Å²) < 4.78 is 44.1. The van der Waals surface area contributed by atoms with E-state index in [1.165, 1.54) is 0 Å². The maximum absolute atomic E-state index is 13.6. The number of halogens is 1. The minimum absolute atomic E-state index is 0.0731. The number of carboxylic acids is 1. The summed E-state index contributed by atoms with van der Waals surface area (Å²) in [5, 5.41) is 8.78. The lowest BCUT2D eigenvalue weighted by atomic mass is 10.2. The van der Waals surface area contributed by atoms with E-state index in [1.54, 1.807) is 0 Å². The number of hydrogen-bond donors (Lipinski definition) is 2. The molecule has 1 aliphatic heterocycles. The first-order valence-corrected chi connectivity index (χ1v) is 7.01. The van der Waals surface area contributed by atoms with Gasteiger partial charge >= 0.3 is 11.9 Å². The highest BCUT2D eigenvalue weighted by molar-refractivity contribution is 7.89. The van der Waals surface area contributed by atoms with Crippen LogP contribution in [0.4, 0.5) is 4.39 Å². The van der Waals surface area contributed by atoms with E-state index in [1.807, 2.05) is 4.72 Å². The molecule has 1 aromatic carbocycles. The molecule has 1 aliphatic rings. The van der Waals surface area contributed by atoms with Gasteiger partial charge in [0, 0.05) is 6.42 Å². The molecule has 2 N–H and O–H groups in total. The Kier molecular flexibility index (Phi) is 3.73. The normalized spacial score (nSPS) is 18.9. The van der Waals surface area contributed by atoms with Crippen LogP contribution in [0.15, 0.2) is 23.1 Å². The van der Waals surface area contributed by atoms with Crippen molar-refractivity contribution in [1.82, 2.24) is 4.72 Å². The van der Waals surface area contributed by atoms with Crippen molar-refractivity contribution < 1.29 is 32.2 Å². The van der Waals surface area contributed by atoms with Crippen molar-refractivity contribution in [3.63, 3.8) is 0 Å². The Morgan fingerprint density at radius 1 is 1.45 bits per heavy atom. The Labute approximate surface area is 113 Å². The second-order valence-electron chi connectivity index (χ2n) is 4.08. The van der Waals surface area contributed by atoms with Crippen LogP contribution in [0.5, 0.6) is 0 Å². The van der Waals surface area contributed by atoms with Crippen molar-refractivity contribution in [2.75, 3.05) is 6.61 Å². The van der Waals surface area contributed by atoms with Crippen molar-refractivity contribution in [1.29, 1.82) is 0 Å². The number of benzene rings is 1. The summed E-state index contributed by atoms with van der Waals surface area (Å²) in [6.45, 7) is 0.0731. The molecule has 0 aromatic heterocycles. The predicted octanol–water partition coefficient (Wildman–Crippen LogP) is 0.118. The number of carbonyl (C=O) groups excluding carboxylic acids is 1. The largest absolute Gasteiger partial charge is 0.478 e. The number of sulfonamides is 1. The van der Waals surface area contributed by atoms with Gasteiger partial charge in [-0.2, -0.15) is 4.72 Å². The Bertz CT molecular complexity index is 671. The predicted molar refractivity (Wildman–Crippen MR) is 63.0 cm³/mol. The molecule has 9 heteroatoms. The molecule has 1 saturated heterocycles. The average Bonchev–Trinajstić information content (AvgIpc) is 2.74. The van der Waals surface area contributed by atoms with Gasteiger partial charge in [-0.3, -0.25) is 4.79 Å². The van der Waals surface area contributed by atoms with Crippen LogP contribution < -0.4 is 4.72 Å². The summed E-state index contributed by atoms with van der Waals surface area (Å²) in [6, 6.07) is 1.29. The third kappa shape index (κ3) is 2.78. The summed E-state index contributed by atoms with van der Waals surface area (Å²) in [5.74, 6) is -3.24.